The number of amides is 1. The van der Waals surface area contributed by atoms with Crippen LogP contribution < -0.4 is 11.1 Å². The molecule has 6 heteroatoms. The molecule has 0 aliphatic rings. The van der Waals surface area contributed by atoms with E-state index >= 15 is 0 Å². The van der Waals surface area contributed by atoms with Gasteiger partial charge >= 0.3 is 0 Å². The maximum Gasteiger partial charge on any atom is 0.267 e. The first-order chi connectivity index (χ1) is 10.1. The van der Waals surface area contributed by atoms with Crippen LogP contribution in [0, 0.1) is 0 Å². The second kappa shape index (κ2) is 6.99. The summed E-state index contributed by atoms with van der Waals surface area (Å²) in [6.07, 6.45) is -1.05. The predicted octanol–water partition coefficient (Wildman–Crippen LogP) is 2.18. The third-order valence-electron chi connectivity index (χ3n) is 3.11. The van der Waals surface area contributed by atoms with Crippen molar-refractivity contribution in [3.63, 3.8) is 0 Å². The largest absolute Gasteiger partial charge is 0.349 e. The Morgan fingerprint density at radius 2 is 1.90 bits per heavy atom. The molecule has 21 heavy (non-hydrogen) atoms. The average molecular weight is 293 g/mol. The monoisotopic (exact) mass is 293 g/mol. The van der Waals surface area contributed by atoms with Crippen LogP contribution in [0.1, 0.15) is 22.1 Å². The van der Waals surface area contributed by atoms with Gasteiger partial charge in [0.2, 0.25) is 0 Å². The molecule has 0 spiro atoms. The van der Waals surface area contributed by atoms with Gasteiger partial charge in [-0.3, -0.25) is 4.79 Å². The molecular weight excluding hydrogens is 276 g/mol. The summed E-state index contributed by atoms with van der Waals surface area (Å²) in [7, 11) is 0. The second-order valence-electron chi connectivity index (χ2n) is 4.66. The summed E-state index contributed by atoms with van der Waals surface area (Å²) < 4.78 is 26.0. The zero-order valence-corrected chi connectivity index (χ0v) is 11.4. The molecule has 0 aliphatic carbocycles. The Morgan fingerprint density at radius 1 is 1.19 bits per heavy atom. The van der Waals surface area contributed by atoms with Crippen LogP contribution in [-0.2, 0) is 6.54 Å². The number of hydrogen-bond acceptors (Lipinski definition) is 2. The van der Waals surface area contributed by atoms with E-state index in [1.165, 1.54) is 16.8 Å². The lowest BCUT2D eigenvalue weighted by molar-refractivity contribution is 0.0928. The van der Waals surface area contributed by atoms with Crippen molar-refractivity contribution < 1.29 is 13.6 Å². The molecule has 2 aromatic rings. The maximum atomic E-state index is 12.4. The van der Waals surface area contributed by atoms with Gasteiger partial charge in [0, 0.05) is 18.8 Å². The van der Waals surface area contributed by atoms with Gasteiger partial charge in [0.15, 0.2) is 0 Å². The molecule has 2 rings (SSSR count). The van der Waals surface area contributed by atoms with E-state index in [1.807, 2.05) is 30.3 Å². The highest BCUT2D eigenvalue weighted by Crippen LogP contribution is 2.09. The standard InChI is InChI=1S/C15H17F2N3O/c16-14(17)10-20-8-4-7-13(20)15(21)19-9-12(18)11-5-2-1-3-6-11/h1-8,12,14H,9-10,18H2,(H,19,21). The average Bonchev–Trinajstić information content (AvgIpc) is 2.92. The molecule has 3 N–H and O–H groups in total. The third-order valence-corrected chi connectivity index (χ3v) is 3.11. The Hall–Kier alpha value is -2.21. The number of alkyl halides is 2. The highest BCUT2D eigenvalue weighted by Gasteiger charge is 2.15. The van der Waals surface area contributed by atoms with E-state index in [1.54, 1.807) is 6.07 Å². The number of nitrogens with one attached hydrogen (secondary N) is 1. The molecule has 0 fully saturated rings. The molecule has 1 aromatic carbocycles. The quantitative estimate of drug-likeness (QED) is 0.857. The zero-order valence-electron chi connectivity index (χ0n) is 11.4. The van der Waals surface area contributed by atoms with E-state index in [4.69, 9.17) is 5.73 Å². The molecule has 112 valence electrons. The van der Waals surface area contributed by atoms with Crippen LogP contribution in [-0.4, -0.2) is 23.4 Å². The van der Waals surface area contributed by atoms with Crippen LogP contribution in [0.15, 0.2) is 48.7 Å². The molecule has 0 radical (unpaired) electrons. The van der Waals surface area contributed by atoms with E-state index in [-0.39, 0.29) is 18.3 Å². The van der Waals surface area contributed by atoms with Gasteiger partial charge in [0.25, 0.3) is 12.3 Å². The number of benzene rings is 1. The number of carbonyl (C=O) groups excluding carboxylic acids is 1. The third kappa shape index (κ3) is 4.13. The Morgan fingerprint density at radius 3 is 2.57 bits per heavy atom. The van der Waals surface area contributed by atoms with Crippen LogP contribution in [0.4, 0.5) is 8.78 Å². The van der Waals surface area contributed by atoms with Crippen molar-refractivity contribution in [3.05, 3.63) is 59.9 Å². The number of hydrogen-bond donors (Lipinski definition) is 2. The minimum absolute atomic E-state index is 0.204. The molecule has 4 nitrogen and oxygen atoms in total. The predicted molar refractivity (Wildman–Crippen MR) is 76.1 cm³/mol. The van der Waals surface area contributed by atoms with Crippen molar-refractivity contribution in [2.75, 3.05) is 6.54 Å². The van der Waals surface area contributed by atoms with Gasteiger partial charge < -0.3 is 15.6 Å². The SMILES string of the molecule is NC(CNC(=O)c1cccn1CC(F)F)c1ccccc1. The van der Waals surface area contributed by atoms with E-state index < -0.39 is 18.9 Å². The molecular formula is C15H17F2N3O. The summed E-state index contributed by atoms with van der Waals surface area (Å²) in [6, 6.07) is 12.1. The van der Waals surface area contributed by atoms with Crippen molar-refractivity contribution in [1.29, 1.82) is 0 Å². The van der Waals surface area contributed by atoms with Gasteiger partial charge in [-0.15, -0.1) is 0 Å². The Bertz CT molecular complexity index is 584. The topological polar surface area (TPSA) is 60.0 Å². The first kappa shape index (κ1) is 15.2. The van der Waals surface area contributed by atoms with Gasteiger partial charge in [-0.25, -0.2) is 8.78 Å². The molecule has 0 saturated carbocycles. The van der Waals surface area contributed by atoms with Gasteiger partial charge in [-0.1, -0.05) is 30.3 Å². The van der Waals surface area contributed by atoms with Gasteiger partial charge in [-0.05, 0) is 17.7 Å². The zero-order chi connectivity index (χ0) is 15.2. The summed E-state index contributed by atoms with van der Waals surface area (Å²) >= 11 is 0. The summed E-state index contributed by atoms with van der Waals surface area (Å²) in [5.41, 5.74) is 7.08. The first-order valence-electron chi connectivity index (χ1n) is 6.60. The molecule has 1 aromatic heterocycles. The van der Waals surface area contributed by atoms with E-state index in [9.17, 15) is 13.6 Å². The number of nitrogens with zero attached hydrogens (tertiary/aromatic N) is 1. The van der Waals surface area contributed by atoms with Crippen molar-refractivity contribution in [3.8, 4) is 0 Å². The maximum absolute atomic E-state index is 12.4. The van der Waals surface area contributed by atoms with Crippen LogP contribution in [0.3, 0.4) is 0 Å². The number of carbonyl (C=O) groups is 1. The van der Waals surface area contributed by atoms with Gasteiger partial charge in [-0.2, -0.15) is 0 Å². The smallest absolute Gasteiger partial charge is 0.267 e. The minimum Gasteiger partial charge on any atom is -0.349 e. The van der Waals surface area contributed by atoms with Crippen LogP contribution >= 0.6 is 0 Å². The lowest BCUT2D eigenvalue weighted by Gasteiger charge is -2.14. The summed E-state index contributed by atoms with van der Waals surface area (Å²) in [6.45, 7) is -0.261. The number of nitrogens with two attached hydrogens (primary N) is 1. The van der Waals surface area contributed by atoms with Gasteiger partial charge in [0.1, 0.15) is 5.69 Å². The number of rotatable bonds is 6. The highest BCUT2D eigenvalue weighted by molar-refractivity contribution is 5.92. The fraction of sp³-hybridized carbons (Fsp3) is 0.267. The molecule has 1 unspecified atom stereocenters. The molecule has 0 aliphatic heterocycles. The summed E-state index contributed by atoms with van der Waals surface area (Å²) in [4.78, 5) is 12.0. The Kier molecular flexibility index (Phi) is 5.05. The first-order valence-corrected chi connectivity index (χ1v) is 6.60. The normalized spacial score (nSPS) is 12.4. The van der Waals surface area contributed by atoms with E-state index in [0.29, 0.717) is 0 Å². The van der Waals surface area contributed by atoms with Crippen LogP contribution in [0.25, 0.3) is 0 Å². The Labute approximate surface area is 121 Å². The van der Waals surface area contributed by atoms with Crippen molar-refractivity contribution in [2.24, 2.45) is 5.73 Å². The lowest BCUT2D eigenvalue weighted by Crippen LogP contribution is -2.33. The van der Waals surface area contributed by atoms with Crippen LogP contribution in [0.5, 0.6) is 0 Å². The molecule has 0 saturated heterocycles. The second-order valence-corrected chi connectivity index (χ2v) is 4.66. The van der Waals surface area contributed by atoms with Crippen molar-refractivity contribution in [2.45, 2.75) is 19.0 Å². The van der Waals surface area contributed by atoms with E-state index in [2.05, 4.69) is 5.32 Å². The van der Waals surface area contributed by atoms with Crippen molar-refractivity contribution in [1.82, 2.24) is 9.88 Å². The van der Waals surface area contributed by atoms with Gasteiger partial charge in [0.05, 0.1) is 6.54 Å². The Balaban J connectivity index is 1.95. The summed E-state index contributed by atoms with van der Waals surface area (Å²) in [5, 5.41) is 2.67. The fourth-order valence-corrected chi connectivity index (χ4v) is 2.04. The van der Waals surface area contributed by atoms with E-state index in [0.717, 1.165) is 5.56 Å². The number of halogens is 2. The highest BCUT2D eigenvalue weighted by atomic mass is 19.3. The molecule has 0 bridgehead atoms. The summed E-state index contributed by atoms with van der Waals surface area (Å²) in [5.74, 6) is -0.410. The molecule has 1 heterocycles. The number of aromatic nitrogens is 1. The van der Waals surface area contributed by atoms with Crippen molar-refractivity contribution >= 4 is 5.91 Å². The fourth-order valence-electron chi connectivity index (χ4n) is 2.04. The van der Waals surface area contributed by atoms with Crippen LogP contribution in [0.2, 0.25) is 0 Å². The molecule has 1 amide bonds. The molecule has 1 atom stereocenters. The lowest BCUT2D eigenvalue weighted by atomic mass is 10.1. The minimum atomic E-state index is -2.50.